The minimum Gasteiger partial charge on any atom is -0.400 e. The number of benzene rings is 1. The number of aryl methyl sites for hydroxylation is 1. The summed E-state index contributed by atoms with van der Waals surface area (Å²) < 4.78 is 2.16. The van der Waals surface area contributed by atoms with Gasteiger partial charge in [-0.25, -0.2) is 0 Å². The summed E-state index contributed by atoms with van der Waals surface area (Å²) in [5.41, 5.74) is 3.51. The second-order valence-electron chi connectivity index (χ2n) is 3.86. The SMILES string of the molecule is CCc1[c-]cn2[n+]1CC(c1ccccc1)=N2.[Au+]. The van der Waals surface area contributed by atoms with Gasteiger partial charge in [0.25, 0.3) is 0 Å². The van der Waals surface area contributed by atoms with Crippen LogP contribution in [0.5, 0.6) is 0 Å². The van der Waals surface area contributed by atoms with E-state index < -0.39 is 0 Å². The van der Waals surface area contributed by atoms with Crippen molar-refractivity contribution in [2.24, 2.45) is 5.10 Å². The Bertz CT molecular complexity index is 543. The molecule has 1 aliphatic rings. The number of hydrogen-bond donors (Lipinski definition) is 0. The van der Waals surface area contributed by atoms with Gasteiger partial charge in [0, 0.05) is 10.7 Å². The Labute approximate surface area is 116 Å². The Balaban J connectivity index is 0.00000108. The van der Waals surface area contributed by atoms with Gasteiger partial charge in [0.2, 0.25) is 5.71 Å². The summed E-state index contributed by atoms with van der Waals surface area (Å²) >= 11 is 0. The molecule has 1 aromatic heterocycles. The van der Waals surface area contributed by atoms with Crippen LogP contribution in [-0.2, 0) is 35.3 Å². The van der Waals surface area contributed by atoms with Crippen molar-refractivity contribution in [3.63, 3.8) is 0 Å². The Hall–Kier alpha value is -1.16. The second kappa shape index (κ2) is 5.00. The molecular weight excluding hydrogens is 395 g/mol. The fourth-order valence-corrected chi connectivity index (χ4v) is 2.01. The van der Waals surface area contributed by atoms with Crippen LogP contribution >= 0.6 is 0 Å². The second-order valence-corrected chi connectivity index (χ2v) is 3.86. The Kier molecular flexibility index (Phi) is 3.62. The third-order valence-electron chi connectivity index (χ3n) is 2.87. The Morgan fingerprint density at radius 3 is 2.82 bits per heavy atom. The van der Waals surface area contributed by atoms with Crippen LogP contribution in [-0.4, -0.2) is 10.5 Å². The Morgan fingerprint density at radius 1 is 1.35 bits per heavy atom. The molecule has 0 N–H and O–H groups in total. The summed E-state index contributed by atoms with van der Waals surface area (Å²) in [6, 6.07) is 13.5. The summed E-state index contributed by atoms with van der Waals surface area (Å²) in [7, 11) is 0. The van der Waals surface area contributed by atoms with E-state index in [2.05, 4.69) is 34.9 Å². The first kappa shape index (κ1) is 12.3. The van der Waals surface area contributed by atoms with E-state index in [4.69, 9.17) is 0 Å². The fourth-order valence-electron chi connectivity index (χ4n) is 2.01. The molecule has 0 spiro atoms. The van der Waals surface area contributed by atoms with E-state index >= 15 is 0 Å². The summed E-state index contributed by atoms with van der Waals surface area (Å²) in [5, 5.41) is 4.56. The van der Waals surface area contributed by atoms with Gasteiger partial charge in [-0.1, -0.05) is 48.2 Å². The summed E-state index contributed by atoms with van der Waals surface area (Å²) in [5.74, 6) is 0. The molecule has 4 heteroatoms. The smallest absolute Gasteiger partial charge is 0.400 e. The minimum absolute atomic E-state index is 0. The van der Waals surface area contributed by atoms with Gasteiger partial charge in [0.05, 0.1) is 0 Å². The van der Waals surface area contributed by atoms with E-state index in [1.54, 1.807) is 0 Å². The first-order valence-electron chi connectivity index (χ1n) is 5.54. The molecule has 0 saturated carbocycles. The molecule has 1 aromatic carbocycles. The van der Waals surface area contributed by atoms with Gasteiger partial charge in [0.15, 0.2) is 6.54 Å². The van der Waals surface area contributed by atoms with Gasteiger partial charge in [-0.15, -0.1) is 0 Å². The van der Waals surface area contributed by atoms with Crippen molar-refractivity contribution in [1.82, 2.24) is 4.79 Å². The van der Waals surface area contributed by atoms with Crippen LogP contribution in [0.2, 0.25) is 0 Å². The molecular formula is C13H13AuN3+. The predicted molar refractivity (Wildman–Crippen MR) is 61.2 cm³/mol. The summed E-state index contributed by atoms with van der Waals surface area (Å²) in [4.78, 5) is 1.88. The van der Waals surface area contributed by atoms with Gasteiger partial charge in [0.1, 0.15) is 0 Å². The number of fused-ring (bicyclic) bond motifs is 1. The molecule has 2 heterocycles. The average Bonchev–Trinajstić information content (AvgIpc) is 2.89. The maximum Gasteiger partial charge on any atom is 1.00 e. The number of aromatic nitrogens is 2. The zero-order valence-electron chi connectivity index (χ0n) is 9.52. The summed E-state index contributed by atoms with van der Waals surface area (Å²) in [6.45, 7) is 2.98. The average molecular weight is 408 g/mol. The molecule has 90 valence electrons. The molecule has 0 aliphatic carbocycles. The maximum absolute atomic E-state index is 4.56. The predicted octanol–water partition coefficient (Wildman–Crippen LogP) is 1.40. The topological polar surface area (TPSA) is 21.2 Å². The maximum atomic E-state index is 4.56. The number of hydrogen-bond acceptors (Lipinski definition) is 1. The van der Waals surface area contributed by atoms with E-state index in [0.29, 0.717) is 0 Å². The third kappa shape index (κ3) is 2.14. The summed E-state index contributed by atoms with van der Waals surface area (Å²) in [6.07, 6.45) is 2.89. The molecule has 0 saturated heterocycles. The number of nitrogens with zero attached hydrogens (tertiary/aromatic N) is 3. The molecule has 0 atom stereocenters. The Morgan fingerprint density at radius 2 is 2.12 bits per heavy atom. The van der Waals surface area contributed by atoms with Gasteiger partial charge >= 0.3 is 22.4 Å². The van der Waals surface area contributed by atoms with Gasteiger partial charge in [-0.05, 0) is 12.1 Å². The molecule has 2 aromatic rings. The zero-order valence-corrected chi connectivity index (χ0v) is 11.7. The van der Waals surface area contributed by atoms with Crippen LogP contribution in [0.15, 0.2) is 41.6 Å². The largest absolute Gasteiger partial charge is 1.00 e. The van der Waals surface area contributed by atoms with Crippen LogP contribution in [0, 0.1) is 6.07 Å². The van der Waals surface area contributed by atoms with E-state index in [0.717, 1.165) is 18.7 Å². The van der Waals surface area contributed by atoms with Gasteiger partial charge < -0.3 is 6.07 Å². The quantitative estimate of drug-likeness (QED) is 0.407. The fraction of sp³-hybridized carbons (Fsp3) is 0.231. The molecule has 3 rings (SSSR count). The van der Waals surface area contributed by atoms with Crippen LogP contribution in [0.25, 0.3) is 0 Å². The van der Waals surface area contributed by atoms with Crippen molar-refractivity contribution in [1.29, 1.82) is 0 Å². The molecule has 0 radical (unpaired) electrons. The normalized spacial score (nSPS) is 12.9. The molecule has 0 amide bonds. The molecule has 17 heavy (non-hydrogen) atoms. The van der Waals surface area contributed by atoms with Crippen molar-refractivity contribution in [3.8, 4) is 0 Å². The molecule has 0 fully saturated rings. The van der Waals surface area contributed by atoms with Gasteiger partial charge in [-0.2, -0.15) is 4.68 Å². The van der Waals surface area contributed by atoms with Crippen molar-refractivity contribution in [3.05, 3.63) is 53.9 Å². The van der Waals surface area contributed by atoms with Crippen LogP contribution in [0.4, 0.5) is 0 Å². The van der Waals surface area contributed by atoms with E-state index in [9.17, 15) is 0 Å². The third-order valence-corrected chi connectivity index (χ3v) is 2.87. The van der Waals surface area contributed by atoms with Crippen LogP contribution in [0.3, 0.4) is 0 Å². The van der Waals surface area contributed by atoms with Crippen molar-refractivity contribution >= 4 is 5.71 Å². The van der Waals surface area contributed by atoms with Crippen LogP contribution < -0.4 is 4.68 Å². The zero-order chi connectivity index (χ0) is 11.0. The first-order chi connectivity index (χ1) is 7.88. The van der Waals surface area contributed by atoms with E-state index in [1.165, 1.54) is 11.3 Å². The molecule has 0 bridgehead atoms. The van der Waals surface area contributed by atoms with E-state index in [-0.39, 0.29) is 22.4 Å². The number of rotatable bonds is 2. The molecule has 0 unspecified atom stereocenters. The van der Waals surface area contributed by atoms with Gasteiger partial charge in [-0.3, -0.25) is 0 Å². The van der Waals surface area contributed by atoms with Crippen molar-refractivity contribution in [2.45, 2.75) is 19.9 Å². The standard InChI is InChI=1S/C13H13N3.Au/c1-2-12-8-9-16-14-13(10-15(12)16)11-6-4-3-5-7-11;/h3-7,9H,2,10H2,1H3;/q;+1. The van der Waals surface area contributed by atoms with Crippen LogP contribution in [0.1, 0.15) is 18.2 Å². The van der Waals surface area contributed by atoms with E-state index in [1.807, 2.05) is 29.2 Å². The van der Waals surface area contributed by atoms with Crippen molar-refractivity contribution < 1.29 is 27.1 Å². The van der Waals surface area contributed by atoms with Crippen molar-refractivity contribution in [2.75, 3.05) is 0 Å². The first-order valence-corrected chi connectivity index (χ1v) is 5.54. The minimum atomic E-state index is 0. The molecule has 1 aliphatic heterocycles. The monoisotopic (exact) mass is 408 g/mol. The molecule has 3 nitrogen and oxygen atoms in total.